The monoisotopic (exact) mass is 271 g/mol. The number of carbonyl (C=O) groups excluding carboxylic acids is 1. The second-order valence-corrected chi connectivity index (χ2v) is 5.39. The van der Waals surface area contributed by atoms with Crippen LogP contribution in [0.3, 0.4) is 0 Å². The maximum absolute atomic E-state index is 11.9. The smallest absolute Gasteiger partial charge is 0.234 e. The van der Waals surface area contributed by atoms with E-state index in [1.807, 2.05) is 19.1 Å². The highest BCUT2D eigenvalue weighted by Gasteiger charge is 2.16. The predicted molar refractivity (Wildman–Crippen MR) is 78.0 cm³/mol. The molecule has 0 radical (unpaired) electrons. The molecule has 0 bridgehead atoms. The minimum absolute atomic E-state index is 0.0220. The molecular formula is C16H21N3O. The third-order valence-corrected chi connectivity index (χ3v) is 3.82. The molecule has 1 amide bonds. The zero-order chi connectivity index (χ0) is 14.4. The van der Waals surface area contributed by atoms with Crippen LogP contribution in [0.2, 0.25) is 0 Å². The van der Waals surface area contributed by atoms with Gasteiger partial charge >= 0.3 is 0 Å². The van der Waals surface area contributed by atoms with Crippen LogP contribution >= 0.6 is 0 Å². The molecule has 1 aliphatic rings. The van der Waals surface area contributed by atoms with Crippen LogP contribution in [-0.4, -0.2) is 18.5 Å². The van der Waals surface area contributed by atoms with Crippen LogP contribution in [0.25, 0.3) is 0 Å². The van der Waals surface area contributed by atoms with Gasteiger partial charge < -0.3 is 10.6 Å². The van der Waals surface area contributed by atoms with Crippen molar-refractivity contribution in [1.29, 1.82) is 5.26 Å². The summed E-state index contributed by atoms with van der Waals surface area (Å²) in [6.45, 7) is 2.33. The van der Waals surface area contributed by atoms with Gasteiger partial charge in [0.1, 0.15) is 0 Å². The largest absolute Gasteiger partial charge is 0.348 e. The molecule has 1 aliphatic carbocycles. The van der Waals surface area contributed by atoms with Crippen LogP contribution in [0.5, 0.6) is 0 Å². The van der Waals surface area contributed by atoms with Gasteiger partial charge in [-0.15, -0.1) is 0 Å². The van der Waals surface area contributed by atoms with Gasteiger partial charge in [0, 0.05) is 6.04 Å². The minimum Gasteiger partial charge on any atom is -0.348 e. The van der Waals surface area contributed by atoms with Crippen molar-refractivity contribution in [3.05, 3.63) is 35.4 Å². The van der Waals surface area contributed by atoms with Gasteiger partial charge in [-0.1, -0.05) is 25.0 Å². The van der Waals surface area contributed by atoms with Crippen LogP contribution in [-0.2, 0) is 4.79 Å². The average molecular weight is 271 g/mol. The van der Waals surface area contributed by atoms with Gasteiger partial charge in [0.15, 0.2) is 0 Å². The van der Waals surface area contributed by atoms with Crippen molar-refractivity contribution < 1.29 is 4.79 Å². The maximum Gasteiger partial charge on any atom is 0.234 e. The molecule has 1 saturated carbocycles. The third kappa shape index (κ3) is 4.07. The number of rotatable bonds is 5. The molecule has 0 saturated heterocycles. The zero-order valence-electron chi connectivity index (χ0n) is 11.9. The Bertz CT molecular complexity index is 483. The van der Waals surface area contributed by atoms with E-state index in [-0.39, 0.29) is 11.9 Å². The van der Waals surface area contributed by atoms with Crippen molar-refractivity contribution in [3.8, 4) is 6.07 Å². The highest BCUT2D eigenvalue weighted by atomic mass is 16.1. The molecule has 20 heavy (non-hydrogen) atoms. The highest BCUT2D eigenvalue weighted by molar-refractivity contribution is 5.78. The minimum atomic E-state index is -0.0411. The Morgan fingerprint density at radius 1 is 1.35 bits per heavy atom. The first-order valence-electron chi connectivity index (χ1n) is 7.22. The number of benzene rings is 1. The molecule has 2 N–H and O–H groups in total. The molecule has 4 heteroatoms. The molecule has 1 aromatic carbocycles. The third-order valence-electron chi connectivity index (χ3n) is 3.82. The fourth-order valence-corrected chi connectivity index (χ4v) is 2.59. The van der Waals surface area contributed by atoms with Crippen molar-refractivity contribution in [2.75, 3.05) is 6.54 Å². The fraction of sp³-hybridized carbons (Fsp3) is 0.500. The first-order valence-corrected chi connectivity index (χ1v) is 7.22. The summed E-state index contributed by atoms with van der Waals surface area (Å²) in [4.78, 5) is 11.9. The predicted octanol–water partition coefficient (Wildman–Crippen LogP) is 2.27. The van der Waals surface area contributed by atoms with Gasteiger partial charge in [-0.25, -0.2) is 0 Å². The molecule has 4 nitrogen and oxygen atoms in total. The maximum atomic E-state index is 11.9. The second-order valence-electron chi connectivity index (χ2n) is 5.39. The van der Waals surface area contributed by atoms with Gasteiger partial charge in [-0.2, -0.15) is 5.26 Å². The zero-order valence-corrected chi connectivity index (χ0v) is 11.9. The van der Waals surface area contributed by atoms with E-state index >= 15 is 0 Å². The summed E-state index contributed by atoms with van der Waals surface area (Å²) in [7, 11) is 0. The number of nitrogens with one attached hydrogen (secondary N) is 2. The normalized spacial score (nSPS) is 16.6. The quantitative estimate of drug-likeness (QED) is 0.863. The Morgan fingerprint density at radius 3 is 2.60 bits per heavy atom. The van der Waals surface area contributed by atoms with Crippen LogP contribution in [0, 0.1) is 11.3 Å². The number of hydrogen-bond acceptors (Lipinski definition) is 3. The Morgan fingerprint density at radius 2 is 2.00 bits per heavy atom. The summed E-state index contributed by atoms with van der Waals surface area (Å²) in [5.41, 5.74) is 1.65. The van der Waals surface area contributed by atoms with E-state index in [2.05, 4.69) is 16.7 Å². The molecule has 0 aromatic heterocycles. The molecule has 1 fully saturated rings. The number of amides is 1. The molecule has 1 unspecified atom stereocenters. The van der Waals surface area contributed by atoms with Gasteiger partial charge in [-0.3, -0.25) is 4.79 Å². The van der Waals surface area contributed by atoms with Crippen LogP contribution < -0.4 is 10.6 Å². The molecule has 0 spiro atoms. The number of carbonyl (C=O) groups is 1. The van der Waals surface area contributed by atoms with Crippen LogP contribution in [0.15, 0.2) is 24.3 Å². The Labute approximate surface area is 120 Å². The van der Waals surface area contributed by atoms with Crippen LogP contribution in [0.4, 0.5) is 0 Å². The Balaban J connectivity index is 1.78. The Hall–Kier alpha value is -1.86. The molecule has 0 aliphatic heterocycles. The van der Waals surface area contributed by atoms with Crippen molar-refractivity contribution in [1.82, 2.24) is 10.6 Å². The average Bonchev–Trinajstić information content (AvgIpc) is 2.98. The van der Waals surface area contributed by atoms with Crippen molar-refractivity contribution >= 4 is 5.91 Å². The lowest BCUT2D eigenvalue weighted by atomic mass is 10.1. The fourth-order valence-electron chi connectivity index (χ4n) is 2.59. The summed E-state index contributed by atoms with van der Waals surface area (Å²) < 4.78 is 0. The number of nitrogens with zero attached hydrogens (tertiary/aromatic N) is 1. The molecular weight excluding hydrogens is 250 g/mol. The van der Waals surface area contributed by atoms with E-state index in [1.54, 1.807) is 12.1 Å². The highest BCUT2D eigenvalue weighted by Crippen LogP contribution is 2.17. The van der Waals surface area contributed by atoms with Gasteiger partial charge in [-0.05, 0) is 37.5 Å². The first kappa shape index (κ1) is 14.5. The van der Waals surface area contributed by atoms with E-state index in [0.717, 1.165) is 5.56 Å². The molecule has 1 aromatic rings. The van der Waals surface area contributed by atoms with E-state index in [1.165, 1.54) is 25.7 Å². The SMILES string of the molecule is CC(NC(=O)CNC1CCCC1)c1ccc(C#N)cc1. The Kier molecular flexibility index (Phi) is 5.14. The van der Waals surface area contributed by atoms with Crippen molar-refractivity contribution in [2.45, 2.75) is 44.7 Å². The molecule has 106 valence electrons. The molecule has 2 rings (SSSR count). The lowest BCUT2D eigenvalue weighted by molar-refractivity contribution is -0.121. The summed E-state index contributed by atoms with van der Waals surface area (Å²) in [5.74, 6) is 0.0220. The van der Waals surface area contributed by atoms with E-state index < -0.39 is 0 Å². The van der Waals surface area contributed by atoms with Crippen molar-refractivity contribution in [2.24, 2.45) is 0 Å². The van der Waals surface area contributed by atoms with Gasteiger partial charge in [0.05, 0.1) is 24.2 Å². The summed E-state index contributed by atoms with van der Waals surface area (Å²) in [6.07, 6.45) is 4.89. The topological polar surface area (TPSA) is 64.9 Å². The van der Waals surface area contributed by atoms with Gasteiger partial charge in [0.2, 0.25) is 5.91 Å². The van der Waals surface area contributed by atoms with Gasteiger partial charge in [0.25, 0.3) is 0 Å². The van der Waals surface area contributed by atoms with E-state index in [0.29, 0.717) is 18.2 Å². The standard InChI is InChI=1S/C16H21N3O/c1-12(14-8-6-13(10-17)7-9-14)19-16(20)11-18-15-4-2-3-5-15/h6-9,12,15,18H,2-5,11H2,1H3,(H,19,20). The molecule has 0 heterocycles. The van der Waals surface area contributed by atoms with Crippen molar-refractivity contribution in [3.63, 3.8) is 0 Å². The molecule has 1 atom stereocenters. The van der Waals surface area contributed by atoms with E-state index in [4.69, 9.17) is 5.26 Å². The summed E-state index contributed by atoms with van der Waals surface area (Å²) in [6, 6.07) is 9.86. The second kappa shape index (κ2) is 7.06. The first-order chi connectivity index (χ1) is 9.69. The lowest BCUT2D eigenvalue weighted by Crippen LogP contribution is -2.39. The van der Waals surface area contributed by atoms with E-state index in [9.17, 15) is 4.79 Å². The summed E-state index contributed by atoms with van der Waals surface area (Å²) in [5, 5.41) is 15.0. The number of nitriles is 1. The van der Waals surface area contributed by atoms with Crippen LogP contribution in [0.1, 0.15) is 49.8 Å². The number of hydrogen-bond donors (Lipinski definition) is 2. The lowest BCUT2D eigenvalue weighted by Gasteiger charge is -2.16. The summed E-state index contributed by atoms with van der Waals surface area (Å²) >= 11 is 0.